The Hall–Kier alpha value is -1.36. The van der Waals surface area contributed by atoms with Crippen molar-refractivity contribution in [3.05, 3.63) is 17.5 Å². The van der Waals surface area contributed by atoms with Crippen LogP contribution in [0.25, 0.3) is 0 Å². The SMILES string of the molecule is Cc1c(C(=O)N2CCC3(O)CCCCC3C2)cnn1C1CCCC1. The standard InChI is InChI=1S/C19H29N3O2/c1-14-17(12-20-22(14)16-7-2-3-8-16)18(23)21-11-10-19(24)9-5-4-6-15(19)13-21/h12,15-16,24H,2-11,13H2,1H3. The Balaban J connectivity index is 1.50. The molecule has 3 aliphatic rings. The van der Waals surface area contributed by atoms with Crippen molar-refractivity contribution in [1.29, 1.82) is 0 Å². The summed E-state index contributed by atoms with van der Waals surface area (Å²) in [7, 11) is 0. The summed E-state index contributed by atoms with van der Waals surface area (Å²) in [5.41, 5.74) is 1.23. The molecule has 2 unspecified atom stereocenters. The minimum atomic E-state index is -0.530. The van der Waals surface area contributed by atoms with E-state index in [0.717, 1.165) is 36.9 Å². The van der Waals surface area contributed by atoms with Gasteiger partial charge in [-0.05, 0) is 39.0 Å². The lowest BCUT2D eigenvalue weighted by Crippen LogP contribution is -2.54. The number of aromatic nitrogens is 2. The molecule has 1 amide bonds. The van der Waals surface area contributed by atoms with Crippen LogP contribution < -0.4 is 0 Å². The van der Waals surface area contributed by atoms with E-state index in [0.29, 0.717) is 19.1 Å². The summed E-state index contributed by atoms with van der Waals surface area (Å²) in [6.45, 7) is 3.39. The maximum absolute atomic E-state index is 13.0. The van der Waals surface area contributed by atoms with E-state index in [1.807, 2.05) is 11.8 Å². The molecular weight excluding hydrogens is 302 g/mol. The van der Waals surface area contributed by atoms with Crippen molar-refractivity contribution in [3.63, 3.8) is 0 Å². The van der Waals surface area contributed by atoms with E-state index >= 15 is 0 Å². The molecule has 0 aromatic carbocycles. The Morgan fingerprint density at radius 3 is 2.75 bits per heavy atom. The highest BCUT2D eigenvalue weighted by molar-refractivity contribution is 5.95. The Kier molecular flexibility index (Phi) is 4.15. The van der Waals surface area contributed by atoms with Crippen LogP contribution in [0.4, 0.5) is 0 Å². The zero-order valence-electron chi connectivity index (χ0n) is 14.7. The van der Waals surface area contributed by atoms with Crippen LogP contribution in [0.2, 0.25) is 0 Å². The van der Waals surface area contributed by atoms with Crippen LogP contribution in [-0.4, -0.2) is 44.4 Å². The summed E-state index contributed by atoms with van der Waals surface area (Å²) in [4.78, 5) is 15.0. The van der Waals surface area contributed by atoms with Gasteiger partial charge in [0.1, 0.15) is 0 Å². The molecule has 5 nitrogen and oxygen atoms in total. The first-order chi connectivity index (χ1) is 11.6. The second-order valence-electron chi connectivity index (χ2n) is 8.07. The maximum Gasteiger partial charge on any atom is 0.257 e. The molecule has 0 bridgehead atoms. The zero-order valence-corrected chi connectivity index (χ0v) is 14.7. The first kappa shape index (κ1) is 16.1. The van der Waals surface area contributed by atoms with Crippen molar-refractivity contribution < 1.29 is 9.90 Å². The summed E-state index contributed by atoms with van der Waals surface area (Å²) >= 11 is 0. The smallest absolute Gasteiger partial charge is 0.257 e. The minimum Gasteiger partial charge on any atom is -0.389 e. The fourth-order valence-corrected chi connectivity index (χ4v) is 5.08. The van der Waals surface area contributed by atoms with E-state index in [4.69, 9.17) is 0 Å². The highest BCUT2D eigenvalue weighted by Gasteiger charge is 2.44. The highest BCUT2D eigenvalue weighted by Crippen LogP contribution is 2.40. The molecule has 1 aromatic rings. The topological polar surface area (TPSA) is 58.4 Å². The van der Waals surface area contributed by atoms with Crippen LogP contribution in [0.3, 0.4) is 0 Å². The molecule has 2 aliphatic carbocycles. The van der Waals surface area contributed by atoms with E-state index in [1.165, 1.54) is 32.1 Å². The lowest BCUT2D eigenvalue weighted by atomic mass is 9.71. The summed E-state index contributed by atoms with van der Waals surface area (Å²) in [5.74, 6) is 0.346. The number of hydrogen-bond donors (Lipinski definition) is 1. The van der Waals surface area contributed by atoms with Crippen molar-refractivity contribution in [2.45, 2.75) is 76.4 Å². The summed E-state index contributed by atoms with van der Waals surface area (Å²) < 4.78 is 2.07. The third kappa shape index (κ3) is 2.67. The third-order valence-electron chi connectivity index (χ3n) is 6.66. The van der Waals surface area contributed by atoms with E-state index in [9.17, 15) is 9.90 Å². The third-order valence-corrected chi connectivity index (χ3v) is 6.66. The molecule has 3 fully saturated rings. The summed E-state index contributed by atoms with van der Waals surface area (Å²) in [6.07, 6.45) is 11.6. The van der Waals surface area contributed by atoms with Gasteiger partial charge in [-0.1, -0.05) is 25.7 Å². The van der Waals surface area contributed by atoms with Crippen LogP contribution in [0.5, 0.6) is 0 Å². The predicted octanol–water partition coefficient (Wildman–Crippen LogP) is 3.07. The largest absolute Gasteiger partial charge is 0.389 e. The number of nitrogens with zero attached hydrogens (tertiary/aromatic N) is 3. The molecule has 1 aliphatic heterocycles. The van der Waals surface area contributed by atoms with Gasteiger partial charge in [-0.2, -0.15) is 5.10 Å². The van der Waals surface area contributed by atoms with Gasteiger partial charge in [0.2, 0.25) is 0 Å². The average molecular weight is 331 g/mol. The summed E-state index contributed by atoms with van der Waals surface area (Å²) in [6, 6.07) is 0.469. The second kappa shape index (κ2) is 6.17. The molecule has 1 aromatic heterocycles. The van der Waals surface area contributed by atoms with Gasteiger partial charge < -0.3 is 10.0 Å². The Morgan fingerprint density at radius 1 is 1.21 bits per heavy atom. The monoisotopic (exact) mass is 331 g/mol. The number of amides is 1. The molecule has 2 saturated carbocycles. The van der Waals surface area contributed by atoms with E-state index < -0.39 is 5.60 Å². The molecule has 1 N–H and O–H groups in total. The molecule has 4 rings (SSSR count). The normalized spacial score (nSPS) is 31.2. The number of carbonyl (C=O) groups is 1. The van der Waals surface area contributed by atoms with Crippen LogP contribution >= 0.6 is 0 Å². The van der Waals surface area contributed by atoms with Crippen LogP contribution in [0.15, 0.2) is 6.20 Å². The average Bonchev–Trinajstić information content (AvgIpc) is 3.22. The van der Waals surface area contributed by atoms with Crippen LogP contribution in [-0.2, 0) is 0 Å². The van der Waals surface area contributed by atoms with Crippen LogP contribution in [0, 0.1) is 12.8 Å². The molecule has 0 spiro atoms. The zero-order chi connectivity index (χ0) is 16.7. The first-order valence-electron chi connectivity index (χ1n) is 9.64. The second-order valence-corrected chi connectivity index (χ2v) is 8.07. The fourth-order valence-electron chi connectivity index (χ4n) is 5.08. The molecule has 5 heteroatoms. The van der Waals surface area contributed by atoms with Gasteiger partial charge in [0, 0.05) is 24.7 Å². The number of likely N-dealkylation sites (tertiary alicyclic amines) is 1. The molecule has 24 heavy (non-hydrogen) atoms. The van der Waals surface area contributed by atoms with Crippen molar-refractivity contribution in [2.24, 2.45) is 5.92 Å². The van der Waals surface area contributed by atoms with Gasteiger partial charge >= 0.3 is 0 Å². The van der Waals surface area contributed by atoms with Gasteiger partial charge in [-0.3, -0.25) is 9.48 Å². The van der Waals surface area contributed by atoms with Gasteiger partial charge in [-0.15, -0.1) is 0 Å². The van der Waals surface area contributed by atoms with E-state index in [1.54, 1.807) is 6.20 Å². The molecule has 0 radical (unpaired) electrons. The van der Waals surface area contributed by atoms with Crippen molar-refractivity contribution in [3.8, 4) is 0 Å². The number of hydrogen-bond acceptors (Lipinski definition) is 3. The number of aliphatic hydroxyl groups is 1. The molecule has 1 saturated heterocycles. The van der Waals surface area contributed by atoms with Crippen LogP contribution in [0.1, 0.15) is 79.9 Å². The van der Waals surface area contributed by atoms with Crippen molar-refractivity contribution >= 4 is 5.91 Å². The lowest BCUT2D eigenvalue weighted by Gasteiger charge is -2.47. The Bertz CT molecular complexity index is 620. The van der Waals surface area contributed by atoms with Gasteiger partial charge in [0.05, 0.1) is 23.4 Å². The maximum atomic E-state index is 13.0. The van der Waals surface area contributed by atoms with Crippen molar-refractivity contribution in [1.82, 2.24) is 14.7 Å². The quantitative estimate of drug-likeness (QED) is 0.906. The van der Waals surface area contributed by atoms with Crippen molar-refractivity contribution in [2.75, 3.05) is 13.1 Å². The summed E-state index contributed by atoms with van der Waals surface area (Å²) in [5, 5.41) is 15.3. The number of rotatable bonds is 2. The number of fused-ring (bicyclic) bond motifs is 1. The molecule has 132 valence electrons. The molecule has 2 heterocycles. The Labute approximate surface area is 144 Å². The molecular formula is C19H29N3O2. The number of piperidine rings is 1. The first-order valence-corrected chi connectivity index (χ1v) is 9.64. The highest BCUT2D eigenvalue weighted by atomic mass is 16.3. The number of carbonyl (C=O) groups excluding carboxylic acids is 1. The predicted molar refractivity (Wildman–Crippen MR) is 91.9 cm³/mol. The van der Waals surface area contributed by atoms with Gasteiger partial charge in [-0.25, -0.2) is 0 Å². The fraction of sp³-hybridized carbons (Fsp3) is 0.789. The van der Waals surface area contributed by atoms with E-state index in [-0.39, 0.29) is 11.8 Å². The van der Waals surface area contributed by atoms with E-state index in [2.05, 4.69) is 9.78 Å². The van der Waals surface area contributed by atoms with Gasteiger partial charge in [0.15, 0.2) is 0 Å². The van der Waals surface area contributed by atoms with Gasteiger partial charge in [0.25, 0.3) is 5.91 Å². The lowest BCUT2D eigenvalue weighted by molar-refractivity contribution is -0.0886. The Morgan fingerprint density at radius 2 is 1.96 bits per heavy atom. The molecule has 2 atom stereocenters. The minimum absolute atomic E-state index is 0.101.